The Balaban J connectivity index is 2.76. The zero-order valence-electron chi connectivity index (χ0n) is 10.9. The van der Waals surface area contributed by atoms with Gasteiger partial charge in [0, 0.05) is 32.7 Å². The molecule has 0 spiro atoms. The summed E-state index contributed by atoms with van der Waals surface area (Å²) in [5.41, 5.74) is -0.461. The molecule has 6 heteroatoms. The van der Waals surface area contributed by atoms with Gasteiger partial charge in [-0.3, -0.25) is 0 Å². The quantitative estimate of drug-likeness (QED) is 0.794. The van der Waals surface area contributed by atoms with E-state index in [-0.39, 0.29) is 17.1 Å². The molecule has 2 atom stereocenters. The average molecular weight is 250 g/mol. The molecule has 0 aromatic heterocycles. The fourth-order valence-electron chi connectivity index (χ4n) is 1.97. The number of hydrogen-bond acceptors (Lipinski definition) is 3. The summed E-state index contributed by atoms with van der Waals surface area (Å²) in [4.78, 5) is 0. The zero-order valence-corrected chi connectivity index (χ0v) is 11.7. The molecule has 0 saturated heterocycles. The van der Waals surface area contributed by atoms with Crippen molar-refractivity contribution in [2.45, 2.75) is 38.8 Å². The molecule has 0 aromatic carbocycles. The van der Waals surface area contributed by atoms with Crippen molar-refractivity contribution in [1.82, 2.24) is 9.03 Å². The van der Waals surface area contributed by atoms with Gasteiger partial charge in [-0.15, -0.1) is 0 Å². The van der Waals surface area contributed by atoms with Crippen LogP contribution >= 0.6 is 0 Å². The summed E-state index contributed by atoms with van der Waals surface area (Å²) in [6.45, 7) is 6.04. The Labute approximate surface area is 98.3 Å². The Hall–Kier alpha value is -0.170. The first-order chi connectivity index (χ1) is 7.07. The minimum absolute atomic E-state index is 0.0788. The van der Waals surface area contributed by atoms with Crippen molar-refractivity contribution >= 4 is 10.2 Å². The van der Waals surface area contributed by atoms with Gasteiger partial charge in [-0.1, -0.05) is 13.8 Å². The number of nitrogens with one attached hydrogen (secondary N) is 1. The van der Waals surface area contributed by atoms with E-state index in [9.17, 15) is 8.42 Å². The first-order valence-corrected chi connectivity index (χ1v) is 6.76. The van der Waals surface area contributed by atoms with E-state index < -0.39 is 10.2 Å². The second-order valence-corrected chi connectivity index (χ2v) is 7.23. The van der Waals surface area contributed by atoms with Crippen LogP contribution in [0.5, 0.6) is 0 Å². The lowest BCUT2D eigenvalue weighted by atomic mass is 9.56. The molecule has 0 radical (unpaired) electrons. The van der Waals surface area contributed by atoms with E-state index in [1.54, 1.807) is 7.11 Å². The minimum atomic E-state index is -3.36. The van der Waals surface area contributed by atoms with Crippen LogP contribution in [0.4, 0.5) is 0 Å². The molecule has 16 heavy (non-hydrogen) atoms. The van der Waals surface area contributed by atoms with Gasteiger partial charge in [-0.05, 0) is 13.3 Å². The van der Waals surface area contributed by atoms with Crippen LogP contribution in [-0.2, 0) is 14.9 Å². The maximum atomic E-state index is 11.7. The third kappa shape index (κ3) is 1.99. The summed E-state index contributed by atoms with van der Waals surface area (Å²) in [6, 6.07) is -0.0788. The van der Waals surface area contributed by atoms with Gasteiger partial charge in [0.1, 0.15) is 0 Å². The second-order valence-electron chi connectivity index (χ2n) is 5.32. The first kappa shape index (κ1) is 13.9. The predicted molar refractivity (Wildman–Crippen MR) is 63.3 cm³/mol. The van der Waals surface area contributed by atoms with E-state index in [1.807, 2.05) is 20.8 Å². The molecule has 0 unspecified atom stereocenters. The molecule has 1 fully saturated rings. The highest BCUT2D eigenvalue weighted by Gasteiger charge is 2.58. The smallest absolute Gasteiger partial charge is 0.279 e. The average Bonchev–Trinajstić information content (AvgIpc) is 2.16. The van der Waals surface area contributed by atoms with E-state index in [4.69, 9.17) is 4.74 Å². The largest absolute Gasteiger partial charge is 0.378 e. The highest BCUT2D eigenvalue weighted by Crippen LogP contribution is 2.51. The van der Waals surface area contributed by atoms with Crippen molar-refractivity contribution in [3.8, 4) is 0 Å². The van der Waals surface area contributed by atoms with Gasteiger partial charge in [-0.2, -0.15) is 17.4 Å². The molecular formula is C10H22N2O3S. The molecule has 1 rings (SSSR count). The van der Waals surface area contributed by atoms with E-state index >= 15 is 0 Å². The van der Waals surface area contributed by atoms with Crippen molar-refractivity contribution in [2.75, 3.05) is 21.2 Å². The minimum Gasteiger partial charge on any atom is -0.378 e. The molecule has 1 saturated carbocycles. The van der Waals surface area contributed by atoms with Gasteiger partial charge in [0.25, 0.3) is 10.2 Å². The predicted octanol–water partition coefficient (Wildman–Crippen LogP) is 0.586. The summed E-state index contributed by atoms with van der Waals surface area (Å²) in [6.07, 6.45) is 0.698. The van der Waals surface area contributed by atoms with Crippen molar-refractivity contribution in [2.24, 2.45) is 5.41 Å². The Bertz CT molecular complexity index is 364. The van der Waals surface area contributed by atoms with Crippen molar-refractivity contribution in [1.29, 1.82) is 0 Å². The van der Waals surface area contributed by atoms with Gasteiger partial charge in [-0.25, -0.2) is 0 Å². The Morgan fingerprint density at radius 2 is 1.81 bits per heavy atom. The number of nitrogens with zero attached hydrogens (tertiary/aromatic N) is 1. The first-order valence-electron chi connectivity index (χ1n) is 5.32. The van der Waals surface area contributed by atoms with Gasteiger partial charge in [0.15, 0.2) is 0 Å². The molecule has 1 aliphatic carbocycles. The highest BCUT2D eigenvalue weighted by molar-refractivity contribution is 7.87. The Kier molecular flexibility index (Phi) is 3.42. The molecule has 0 aromatic rings. The lowest BCUT2D eigenvalue weighted by molar-refractivity contribution is -0.175. The van der Waals surface area contributed by atoms with Crippen LogP contribution in [0.25, 0.3) is 0 Å². The zero-order chi connectivity index (χ0) is 12.8. The van der Waals surface area contributed by atoms with Crippen molar-refractivity contribution in [3.63, 3.8) is 0 Å². The van der Waals surface area contributed by atoms with Gasteiger partial charge in [0.2, 0.25) is 0 Å². The molecule has 1 aliphatic rings. The van der Waals surface area contributed by atoms with Crippen LogP contribution in [0.3, 0.4) is 0 Å². The molecule has 0 bridgehead atoms. The second kappa shape index (κ2) is 3.94. The van der Waals surface area contributed by atoms with Gasteiger partial charge in [0.05, 0.1) is 5.60 Å². The van der Waals surface area contributed by atoms with Crippen LogP contribution in [0.2, 0.25) is 0 Å². The number of methoxy groups -OCH3 is 1. The van der Waals surface area contributed by atoms with E-state index in [0.717, 1.165) is 0 Å². The van der Waals surface area contributed by atoms with Crippen LogP contribution in [0.1, 0.15) is 27.2 Å². The van der Waals surface area contributed by atoms with Crippen LogP contribution in [0, 0.1) is 5.41 Å². The lowest BCUT2D eigenvalue weighted by Crippen LogP contribution is -2.69. The third-order valence-corrected chi connectivity index (χ3v) is 5.59. The normalized spacial score (nSPS) is 33.8. The summed E-state index contributed by atoms with van der Waals surface area (Å²) >= 11 is 0. The standard InChI is InChI=1S/C10H22N2O3S/c1-9(2)8(7-10(9,3)15-6)11-16(13,14)12(4)5/h8,11H,7H2,1-6H3/t8-,10-/m0/s1. The monoisotopic (exact) mass is 250 g/mol. The topological polar surface area (TPSA) is 58.6 Å². The molecule has 0 aliphatic heterocycles. The highest BCUT2D eigenvalue weighted by atomic mass is 32.2. The number of hydrogen-bond donors (Lipinski definition) is 1. The van der Waals surface area contributed by atoms with Crippen LogP contribution < -0.4 is 4.72 Å². The van der Waals surface area contributed by atoms with Crippen LogP contribution in [0.15, 0.2) is 0 Å². The van der Waals surface area contributed by atoms with Crippen molar-refractivity contribution < 1.29 is 13.2 Å². The summed E-state index contributed by atoms with van der Waals surface area (Å²) in [5.74, 6) is 0. The fraction of sp³-hybridized carbons (Fsp3) is 1.00. The maximum Gasteiger partial charge on any atom is 0.279 e. The fourth-order valence-corrected chi connectivity index (χ4v) is 2.91. The molecule has 0 heterocycles. The summed E-state index contributed by atoms with van der Waals surface area (Å²) in [5, 5.41) is 0. The maximum absolute atomic E-state index is 11.7. The molecular weight excluding hydrogens is 228 g/mol. The lowest BCUT2D eigenvalue weighted by Gasteiger charge is -2.59. The van der Waals surface area contributed by atoms with E-state index in [2.05, 4.69) is 4.72 Å². The van der Waals surface area contributed by atoms with Crippen molar-refractivity contribution in [3.05, 3.63) is 0 Å². The van der Waals surface area contributed by atoms with Gasteiger partial charge >= 0.3 is 0 Å². The molecule has 96 valence electrons. The van der Waals surface area contributed by atoms with E-state index in [1.165, 1.54) is 18.4 Å². The number of ether oxygens (including phenoxy) is 1. The SMILES string of the molecule is CO[C@@]1(C)C[C@H](NS(=O)(=O)N(C)C)C1(C)C. The van der Waals surface area contributed by atoms with E-state index in [0.29, 0.717) is 6.42 Å². The van der Waals surface area contributed by atoms with Crippen LogP contribution in [-0.4, -0.2) is 45.6 Å². The third-order valence-electron chi connectivity index (χ3n) is 4.05. The number of rotatable bonds is 4. The Morgan fingerprint density at radius 3 is 2.12 bits per heavy atom. The van der Waals surface area contributed by atoms with Gasteiger partial charge < -0.3 is 4.74 Å². The molecule has 1 N–H and O–H groups in total. The summed E-state index contributed by atoms with van der Waals surface area (Å²) in [7, 11) is 1.34. The Morgan fingerprint density at radius 1 is 1.31 bits per heavy atom. The molecule has 5 nitrogen and oxygen atoms in total. The summed E-state index contributed by atoms with van der Waals surface area (Å²) < 4.78 is 32.7. The molecule has 0 amide bonds.